The number of thiocarbonyl (C=S) groups is 1. The molecule has 0 saturated carbocycles. The molecular weight excluding hydrogens is 450 g/mol. The lowest BCUT2D eigenvalue weighted by Gasteiger charge is -2.27. The fourth-order valence-electron chi connectivity index (χ4n) is 4.18. The Bertz CT molecular complexity index is 1340. The minimum Gasteiger partial charge on any atom is -0.495 e. The smallest absolute Gasteiger partial charge is 0.335 e. The number of hydrogen-bond acceptors (Lipinski definition) is 5. The van der Waals surface area contributed by atoms with Gasteiger partial charge in [-0.3, -0.25) is 4.98 Å². The van der Waals surface area contributed by atoms with Gasteiger partial charge >= 0.3 is 5.97 Å². The summed E-state index contributed by atoms with van der Waals surface area (Å²) in [4.78, 5) is 17.7. The van der Waals surface area contributed by atoms with Gasteiger partial charge < -0.3 is 24.5 Å². The number of methoxy groups -OCH3 is 1. The van der Waals surface area contributed by atoms with Crippen LogP contribution in [0, 0.1) is 0 Å². The SMILES string of the molecule is COc1ccccc1N1C(=S)N[C@@H](c2ccccn2)[C@H]1c1ccc(-c2ccc(C(=O)O)cc2)o1. The van der Waals surface area contributed by atoms with E-state index in [0.29, 0.717) is 22.4 Å². The number of ether oxygens (including phenoxy) is 1. The predicted molar refractivity (Wildman–Crippen MR) is 132 cm³/mol. The van der Waals surface area contributed by atoms with Gasteiger partial charge in [-0.1, -0.05) is 30.3 Å². The topological polar surface area (TPSA) is 87.8 Å². The third-order valence-corrected chi connectivity index (χ3v) is 6.09. The number of nitrogens with zero attached hydrogens (tertiary/aromatic N) is 2. The Morgan fingerprint density at radius 2 is 1.82 bits per heavy atom. The van der Waals surface area contributed by atoms with E-state index in [4.69, 9.17) is 21.4 Å². The zero-order valence-corrected chi connectivity index (χ0v) is 19.0. The van der Waals surface area contributed by atoms with Crippen LogP contribution in [0.25, 0.3) is 11.3 Å². The average Bonchev–Trinajstić information content (AvgIpc) is 3.49. The molecule has 7 nitrogen and oxygen atoms in total. The Kier molecular flexibility index (Phi) is 5.73. The van der Waals surface area contributed by atoms with Crippen LogP contribution in [0.15, 0.2) is 89.5 Å². The second kappa shape index (κ2) is 8.99. The molecule has 0 aliphatic carbocycles. The zero-order chi connectivity index (χ0) is 23.7. The first-order valence-corrected chi connectivity index (χ1v) is 11.0. The minimum atomic E-state index is -0.970. The standard InChI is InChI=1S/C26H21N3O4S/c1-32-21-8-3-2-7-19(21)29-24(23(28-26(29)34)18-6-4-5-15-27-18)22-14-13-20(33-22)16-9-11-17(12-10-16)25(30)31/h2-15,23-24H,1H3,(H,28,34)(H,30,31)/t23-,24+/m0/s1. The monoisotopic (exact) mass is 471 g/mol. The summed E-state index contributed by atoms with van der Waals surface area (Å²) in [6.45, 7) is 0. The molecule has 1 aliphatic heterocycles. The Hall–Kier alpha value is -4.17. The van der Waals surface area contributed by atoms with Gasteiger partial charge in [-0.05, 0) is 60.7 Å². The van der Waals surface area contributed by atoms with E-state index in [1.54, 1.807) is 37.6 Å². The predicted octanol–water partition coefficient (Wildman–Crippen LogP) is 5.23. The van der Waals surface area contributed by atoms with E-state index in [0.717, 1.165) is 16.9 Å². The van der Waals surface area contributed by atoms with E-state index in [1.165, 1.54) is 0 Å². The lowest BCUT2D eigenvalue weighted by molar-refractivity contribution is 0.0697. The summed E-state index contributed by atoms with van der Waals surface area (Å²) in [6, 6.07) is 23.2. The van der Waals surface area contributed by atoms with Crippen LogP contribution in [0.1, 0.15) is 33.9 Å². The van der Waals surface area contributed by atoms with Crippen LogP contribution in [0.3, 0.4) is 0 Å². The van der Waals surface area contributed by atoms with Crippen molar-refractivity contribution in [3.63, 3.8) is 0 Å². The van der Waals surface area contributed by atoms with Crippen LogP contribution >= 0.6 is 12.2 Å². The first-order valence-electron chi connectivity index (χ1n) is 10.6. The summed E-state index contributed by atoms with van der Waals surface area (Å²) >= 11 is 5.76. The summed E-state index contributed by atoms with van der Waals surface area (Å²) < 4.78 is 11.9. The number of aromatic carboxylic acids is 1. The van der Waals surface area contributed by atoms with Crippen LogP contribution in [-0.4, -0.2) is 28.3 Å². The first kappa shape index (κ1) is 21.7. The van der Waals surface area contributed by atoms with Gasteiger partial charge in [0.05, 0.1) is 30.1 Å². The second-order valence-electron chi connectivity index (χ2n) is 7.75. The normalized spacial score (nSPS) is 17.4. The van der Waals surface area contributed by atoms with E-state index in [1.807, 2.05) is 59.5 Å². The molecule has 0 amide bonds. The molecule has 0 spiro atoms. The number of benzene rings is 2. The quantitative estimate of drug-likeness (QED) is 0.370. The molecule has 170 valence electrons. The van der Waals surface area contributed by atoms with Crippen LogP contribution in [0.2, 0.25) is 0 Å². The number of aromatic nitrogens is 1. The highest BCUT2D eigenvalue weighted by Crippen LogP contribution is 2.45. The third kappa shape index (κ3) is 3.88. The number of para-hydroxylation sites is 2. The number of rotatable bonds is 6. The van der Waals surface area contributed by atoms with Gasteiger partial charge in [0.15, 0.2) is 5.11 Å². The second-order valence-corrected chi connectivity index (χ2v) is 8.14. The molecule has 1 fully saturated rings. The number of anilines is 1. The molecule has 2 aromatic carbocycles. The van der Waals surface area contributed by atoms with Crippen molar-refractivity contribution in [3.8, 4) is 17.1 Å². The van der Waals surface area contributed by atoms with E-state index >= 15 is 0 Å². The van der Waals surface area contributed by atoms with Gasteiger partial charge in [-0.25, -0.2) is 4.79 Å². The molecule has 5 rings (SSSR count). The molecule has 4 aromatic rings. The largest absolute Gasteiger partial charge is 0.495 e. The molecule has 8 heteroatoms. The zero-order valence-electron chi connectivity index (χ0n) is 18.2. The minimum absolute atomic E-state index is 0.221. The number of carboxylic acid groups (broad SMARTS) is 1. The van der Waals surface area contributed by atoms with Crippen LogP contribution in [-0.2, 0) is 0 Å². The molecule has 2 atom stereocenters. The van der Waals surface area contributed by atoms with Gasteiger partial charge in [-0.15, -0.1) is 0 Å². The fraction of sp³-hybridized carbons (Fsp3) is 0.115. The summed E-state index contributed by atoms with van der Waals surface area (Å²) in [7, 11) is 1.63. The van der Waals surface area contributed by atoms with Crippen LogP contribution < -0.4 is 15.0 Å². The Morgan fingerprint density at radius 1 is 1.06 bits per heavy atom. The number of hydrogen-bond donors (Lipinski definition) is 2. The van der Waals surface area contributed by atoms with Crippen molar-refractivity contribution < 1.29 is 19.1 Å². The lowest BCUT2D eigenvalue weighted by Crippen LogP contribution is -2.29. The van der Waals surface area contributed by atoms with Gasteiger partial charge in [0, 0.05) is 11.8 Å². The van der Waals surface area contributed by atoms with Crippen molar-refractivity contribution in [2.75, 3.05) is 12.0 Å². The maximum Gasteiger partial charge on any atom is 0.335 e. The average molecular weight is 472 g/mol. The molecule has 3 heterocycles. The van der Waals surface area contributed by atoms with Crippen LogP contribution in [0.4, 0.5) is 5.69 Å². The van der Waals surface area contributed by atoms with E-state index < -0.39 is 5.97 Å². The number of carboxylic acids is 1. The number of carbonyl (C=O) groups is 1. The molecule has 34 heavy (non-hydrogen) atoms. The maximum atomic E-state index is 11.2. The van der Waals surface area contributed by atoms with Crippen molar-refractivity contribution in [1.82, 2.24) is 10.3 Å². The fourth-order valence-corrected chi connectivity index (χ4v) is 4.51. The highest BCUT2D eigenvalue weighted by Gasteiger charge is 2.43. The van der Waals surface area contributed by atoms with E-state index in [9.17, 15) is 9.90 Å². The van der Waals surface area contributed by atoms with Gasteiger partial charge in [0.25, 0.3) is 0 Å². The van der Waals surface area contributed by atoms with Gasteiger partial charge in [0.1, 0.15) is 23.3 Å². The molecule has 2 aromatic heterocycles. The highest BCUT2D eigenvalue weighted by molar-refractivity contribution is 7.80. The van der Waals surface area contributed by atoms with Crippen molar-refractivity contribution in [2.24, 2.45) is 0 Å². The van der Waals surface area contributed by atoms with Gasteiger partial charge in [-0.2, -0.15) is 0 Å². The molecule has 0 unspecified atom stereocenters. The Morgan fingerprint density at radius 3 is 2.53 bits per heavy atom. The number of pyridine rings is 1. The molecule has 1 aliphatic rings. The first-order chi connectivity index (χ1) is 16.6. The molecular formula is C26H21N3O4S. The summed E-state index contributed by atoms with van der Waals surface area (Å²) in [5.41, 5.74) is 2.65. The molecule has 0 radical (unpaired) electrons. The Labute approximate surface area is 201 Å². The summed E-state index contributed by atoms with van der Waals surface area (Å²) in [5, 5.41) is 13.1. The summed E-state index contributed by atoms with van der Waals surface area (Å²) in [5.74, 6) is 1.04. The number of furan rings is 1. The third-order valence-electron chi connectivity index (χ3n) is 5.78. The van der Waals surface area contributed by atoms with Crippen LogP contribution in [0.5, 0.6) is 5.75 Å². The molecule has 0 bridgehead atoms. The van der Waals surface area contributed by atoms with Crippen molar-refractivity contribution in [3.05, 3.63) is 102 Å². The Balaban J connectivity index is 1.59. The maximum absolute atomic E-state index is 11.2. The summed E-state index contributed by atoms with van der Waals surface area (Å²) in [6.07, 6.45) is 1.75. The van der Waals surface area contributed by atoms with E-state index in [2.05, 4.69) is 10.3 Å². The van der Waals surface area contributed by atoms with Gasteiger partial charge in [0.2, 0.25) is 0 Å². The van der Waals surface area contributed by atoms with Crippen molar-refractivity contribution >= 4 is 29.0 Å². The highest BCUT2D eigenvalue weighted by atomic mass is 32.1. The number of nitrogens with one attached hydrogen (secondary N) is 1. The lowest BCUT2D eigenvalue weighted by atomic mass is 10.0. The molecule has 2 N–H and O–H groups in total. The van der Waals surface area contributed by atoms with E-state index in [-0.39, 0.29) is 17.6 Å². The van der Waals surface area contributed by atoms with Crippen molar-refractivity contribution in [1.29, 1.82) is 0 Å². The molecule has 1 saturated heterocycles. The van der Waals surface area contributed by atoms with Crippen molar-refractivity contribution in [2.45, 2.75) is 12.1 Å².